The van der Waals surface area contributed by atoms with Crippen LogP contribution in [0.25, 0.3) is 0 Å². The van der Waals surface area contributed by atoms with Gasteiger partial charge in [0.05, 0.1) is 13.2 Å². The zero-order chi connectivity index (χ0) is 11.4. The number of aromatic nitrogens is 1. The Balaban J connectivity index is 1.90. The molecule has 1 atom stereocenters. The van der Waals surface area contributed by atoms with Gasteiger partial charge in [-0.15, -0.1) is 11.3 Å². The lowest BCUT2D eigenvalue weighted by molar-refractivity contribution is 0.122. The van der Waals surface area contributed by atoms with Crippen molar-refractivity contribution in [3.05, 3.63) is 11.1 Å². The summed E-state index contributed by atoms with van der Waals surface area (Å²) in [5.74, 6) is 0. The summed E-state index contributed by atoms with van der Waals surface area (Å²) in [6, 6.07) is 0.272. The summed E-state index contributed by atoms with van der Waals surface area (Å²) in [6.07, 6.45) is 4.06. The highest BCUT2D eigenvalue weighted by atomic mass is 32.1. The van der Waals surface area contributed by atoms with Crippen molar-refractivity contribution in [2.75, 3.05) is 31.2 Å². The Morgan fingerprint density at radius 1 is 1.56 bits per heavy atom. The van der Waals surface area contributed by atoms with E-state index in [-0.39, 0.29) is 6.04 Å². The molecule has 2 N–H and O–H groups in total. The molecule has 0 radical (unpaired) electrons. The van der Waals surface area contributed by atoms with Crippen LogP contribution in [0.1, 0.15) is 18.2 Å². The Morgan fingerprint density at radius 3 is 3.00 bits per heavy atom. The summed E-state index contributed by atoms with van der Waals surface area (Å²) in [4.78, 5) is 8.09. The Hall–Kier alpha value is -0.650. The molecule has 0 aliphatic carbocycles. The Labute approximate surface area is 100 Å². The fourth-order valence-electron chi connectivity index (χ4n) is 1.68. The molecule has 0 amide bonds. The first-order valence-corrected chi connectivity index (χ1v) is 6.60. The van der Waals surface area contributed by atoms with Gasteiger partial charge in [0.1, 0.15) is 0 Å². The molecule has 90 valence electrons. The van der Waals surface area contributed by atoms with Crippen molar-refractivity contribution in [1.82, 2.24) is 4.98 Å². The summed E-state index contributed by atoms with van der Waals surface area (Å²) in [5, 5.41) is 1.13. The first-order valence-electron chi connectivity index (χ1n) is 5.78. The topological polar surface area (TPSA) is 51.4 Å². The first kappa shape index (κ1) is 11.8. The van der Waals surface area contributed by atoms with Crippen molar-refractivity contribution >= 4 is 16.5 Å². The number of nitrogens with zero attached hydrogens (tertiary/aromatic N) is 2. The smallest absolute Gasteiger partial charge is 0.185 e. The van der Waals surface area contributed by atoms with Crippen molar-refractivity contribution in [3.63, 3.8) is 0 Å². The highest BCUT2D eigenvalue weighted by molar-refractivity contribution is 7.15. The van der Waals surface area contributed by atoms with Gasteiger partial charge in [0.25, 0.3) is 0 Å². The van der Waals surface area contributed by atoms with E-state index in [1.807, 2.05) is 13.1 Å². The van der Waals surface area contributed by atoms with Gasteiger partial charge in [-0.3, -0.25) is 0 Å². The minimum atomic E-state index is 0.272. The van der Waals surface area contributed by atoms with Gasteiger partial charge in [0.2, 0.25) is 0 Å². The molecule has 1 saturated heterocycles. The molecular formula is C11H19N3OS. The summed E-state index contributed by atoms with van der Waals surface area (Å²) in [7, 11) is 0. The highest BCUT2D eigenvalue weighted by Gasteiger charge is 2.14. The minimum Gasteiger partial charge on any atom is -0.378 e. The molecule has 0 saturated carbocycles. The number of aryl methyl sites for hydroxylation is 1. The Kier molecular flexibility index (Phi) is 4.15. The van der Waals surface area contributed by atoms with Gasteiger partial charge >= 0.3 is 0 Å². The van der Waals surface area contributed by atoms with Gasteiger partial charge in [-0.1, -0.05) is 0 Å². The van der Waals surface area contributed by atoms with E-state index in [4.69, 9.17) is 10.5 Å². The van der Waals surface area contributed by atoms with E-state index in [2.05, 4.69) is 9.88 Å². The number of morpholine rings is 1. The molecule has 1 aromatic rings. The molecule has 0 aromatic carbocycles. The van der Waals surface area contributed by atoms with Crippen LogP contribution in [0, 0.1) is 0 Å². The highest BCUT2D eigenvalue weighted by Crippen LogP contribution is 2.24. The van der Waals surface area contributed by atoms with Crippen LogP contribution < -0.4 is 10.6 Å². The lowest BCUT2D eigenvalue weighted by Crippen LogP contribution is -2.36. The molecule has 2 rings (SSSR count). The van der Waals surface area contributed by atoms with E-state index < -0.39 is 0 Å². The standard InChI is InChI=1S/C11H19N3OS/c1-9(12)2-3-10-8-13-11(16-10)14-4-6-15-7-5-14/h8-9H,2-7,12H2,1H3. The molecule has 1 aromatic heterocycles. The van der Waals surface area contributed by atoms with Crippen molar-refractivity contribution in [3.8, 4) is 0 Å². The van der Waals surface area contributed by atoms with Crippen LogP contribution in [0.15, 0.2) is 6.20 Å². The lowest BCUT2D eigenvalue weighted by atomic mass is 10.2. The molecule has 1 fully saturated rings. The van der Waals surface area contributed by atoms with Crippen molar-refractivity contribution in [1.29, 1.82) is 0 Å². The maximum absolute atomic E-state index is 5.75. The number of hydrogen-bond donors (Lipinski definition) is 1. The van der Waals surface area contributed by atoms with Gasteiger partial charge in [-0.2, -0.15) is 0 Å². The molecule has 4 nitrogen and oxygen atoms in total. The van der Waals surface area contributed by atoms with Crippen LogP contribution in [-0.4, -0.2) is 37.3 Å². The molecule has 0 bridgehead atoms. The monoisotopic (exact) mass is 241 g/mol. The second kappa shape index (κ2) is 5.61. The fraction of sp³-hybridized carbons (Fsp3) is 0.727. The maximum Gasteiger partial charge on any atom is 0.185 e. The zero-order valence-electron chi connectivity index (χ0n) is 9.69. The molecule has 0 spiro atoms. The summed E-state index contributed by atoms with van der Waals surface area (Å²) in [5.41, 5.74) is 5.75. The first-order chi connectivity index (χ1) is 7.75. The molecule has 1 unspecified atom stereocenters. The number of anilines is 1. The molecule has 16 heavy (non-hydrogen) atoms. The van der Waals surface area contributed by atoms with E-state index >= 15 is 0 Å². The normalized spacial score (nSPS) is 18.8. The molecule has 1 aliphatic rings. The zero-order valence-corrected chi connectivity index (χ0v) is 10.5. The Bertz CT molecular complexity index is 321. The van der Waals surface area contributed by atoms with Crippen molar-refractivity contribution in [2.45, 2.75) is 25.8 Å². The van der Waals surface area contributed by atoms with Gasteiger partial charge in [-0.05, 0) is 19.8 Å². The minimum absolute atomic E-state index is 0.272. The number of thiazole rings is 1. The van der Waals surface area contributed by atoms with Crippen LogP contribution in [0.5, 0.6) is 0 Å². The van der Waals surface area contributed by atoms with Gasteiger partial charge in [-0.25, -0.2) is 4.98 Å². The second-order valence-electron chi connectivity index (χ2n) is 4.22. The van der Waals surface area contributed by atoms with E-state index in [0.29, 0.717) is 0 Å². The maximum atomic E-state index is 5.75. The van der Waals surface area contributed by atoms with E-state index in [1.165, 1.54) is 4.88 Å². The SMILES string of the molecule is CC(N)CCc1cnc(N2CCOCC2)s1. The third kappa shape index (κ3) is 3.17. The van der Waals surface area contributed by atoms with E-state index in [1.54, 1.807) is 11.3 Å². The largest absolute Gasteiger partial charge is 0.378 e. The number of hydrogen-bond acceptors (Lipinski definition) is 5. The lowest BCUT2D eigenvalue weighted by Gasteiger charge is -2.25. The van der Waals surface area contributed by atoms with Crippen molar-refractivity contribution in [2.24, 2.45) is 5.73 Å². The predicted molar refractivity (Wildman–Crippen MR) is 67.1 cm³/mol. The predicted octanol–water partition coefficient (Wildman–Crippen LogP) is 1.26. The third-order valence-electron chi connectivity index (χ3n) is 2.67. The second-order valence-corrected chi connectivity index (χ2v) is 5.32. The van der Waals surface area contributed by atoms with Crippen LogP contribution in [0.4, 0.5) is 5.13 Å². The molecular weight excluding hydrogens is 222 g/mol. The summed E-state index contributed by atoms with van der Waals surface area (Å²) in [6.45, 7) is 5.59. The average Bonchev–Trinajstić information content (AvgIpc) is 2.76. The third-order valence-corrected chi connectivity index (χ3v) is 3.79. The van der Waals surface area contributed by atoms with Crippen LogP contribution >= 0.6 is 11.3 Å². The van der Waals surface area contributed by atoms with E-state index in [9.17, 15) is 0 Å². The molecule has 5 heteroatoms. The van der Waals surface area contributed by atoms with Gasteiger partial charge in [0.15, 0.2) is 5.13 Å². The molecule has 2 heterocycles. The summed E-state index contributed by atoms with van der Waals surface area (Å²) >= 11 is 1.79. The van der Waals surface area contributed by atoms with Crippen molar-refractivity contribution < 1.29 is 4.74 Å². The molecule has 1 aliphatic heterocycles. The Morgan fingerprint density at radius 2 is 2.31 bits per heavy atom. The van der Waals surface area contributed by atoms with Crippen LogP contribution in [0.3, 0.4) is 0 Å². The van der Waals surface area contributed by atoms with E-state index in [0.717, 1.165) is 44.3 Å². The van der Waals surface area contributed by atoms with Gasteiger partial charge < -0.3 is 15.4 Å². The fourth-order valence-corrected chi connectivity index (χ4v) is 2.66. The number of ether oxygens (including phenoxy) is 1. The van der Waals surface area contributed by atoms with Crippen LogP contribution in [-0.2, 0) is 11.2 Å². The average molecular weight is 241 g/mol. The number of nitrogens with two attached hydrogens (primary N) is 1. The van der Waals surface area contributed by atoms with Gasteiger partial charge in [0, 0.05) is 30.2 Å². The van der Waals surface area contributed by atoms with Crippen LogP contribution in [0.2, 0.25) is 0 Å². The quantitative estimate of drug-likeness (QED) is 0.862. The summed E-state index contributed by atoms with van der Waals surface area (Å²) < 4.78 is 5.33. The number of rotatable bonds is 4.